The van der Waals surface area contributed by atoms with Gasteiger partial charge in [0, 0.05) is 5.56 Å². The maximum Gasteiger partial charge on any atom is 0.573 e. The number of carboxylic acid groups (broad SMARTS) is 1. The van der Waals surface area contributed by atoms with Crippen LogP contribution in [0.25, 0.3) is 0 Å². The molecular formula is C8H3F4O3-. The summed E-state index contributed by atoms with van der Waals surface area (Å²) in [6.07, 6.45) is -5.04. The van der Waals surface area contributed by atoms with E-state index in [-0.39, 0.29) is 0 Å². The molecule has 1 rings (SSSR count). The number of hydrogen-bond acceptors (Lipinski definition) is 3. The van der Waals surface area contributed by atoms with Gasteiger partial charge in [-0.25, -0.2) is 4.39 Å². The van der Waals surface area contributed by atoms with Crippen molar-refractivity contribution in [2.75, 3.05) is 0 Å². The van der Waals surface area contributed by atoms with Gasteiger partial charge in [-0.05, 0) is 18.2 Å². The molecule has 0 N–H and O–H groups in total. The molecule has 0 heterocycles. The number of alkyl halides is 3. The van der Waals surface area contributed by atoms with Gasteiger partial charge >= 0.3 is 6.36 Å². The highest BCUT2D eigenvalue weighted by atomic mass is 19.4. The van der Waals surface area contributed by atoms with E-state index in [9.17, 15) is 27.5 Å². The summed E-state index contributed by atoms with van der Waals surface area (Å²) in [7, 11) is 0. The van der Waals surface area contributed by atoms with Crippen molar-refractivity contribution >= 4 is 5.97 Å². The summed E-state index contributed by atoms with van der Waals surface area (Å²) >= 11 is 0. The van der Waals surface area contributed by atoms with Crippen molar-refractivity contribution in [2.24, 2.45) is 0 Å². The Kier molecular flexibility index (Phi) is 2.83. The minimum Gasteiger partial charge on any atom is -0.545 e. The Bertz CT molecular complexity index is 386. The van der Waals surface area contributed by atoms with Crippen LogP contribution in [0.15, 0.2) is 18.2 Å². The van der Waals surface area contributed by atoms with Crippen LogP contribution in [0.3, 0.4) is 0 Å². The first kappa shape index (κ1) is 11.3. The Morgan fingerprint density at radius 2 is 1.93 bits per heavy atom. The number of carboxylic acids is 1. The summed E-state index contributed by atoms with van der Waals surface area (Å²) in [5.74, 6) is -3.96. The summed E-state index contributed by atoms with van der Waals surface area (Å²) in [4.78, 5) is 10.3. The SMILES string of the molecule is O=C([O-])c1cc(F)ccc1OC(F)(F)F. The molecule has 0 atom stereocenters. The van der Waals surface area contributed by atoms with Crippen LogP contribution >= 0.6 is 0 Å². The molecule has 0 radical (unpaired) electrons. The third-order valence-corrected chi connectivity index (χ3v) is 1.39. The molecule has 1 aromatic carbocycles. The van der Waals surface area contributed by atoms with Gasteiger partial charge in [0.1, 0.15) is 11.6 Å². The van der Waals surface area contributed by atoms with E-state index in [1.807, 2.05) is 0 Å². The second-order valence-corrected chi connectivity index (χ2v) is 2.48. The molecule has 0 saturated carbocycles. The van der Waals surface area contributed by atoms with Crippen LogP contribution in [-0.4, -0.2) is 12.3 Å². The fourth-order valence-electron chi connectivity index (χ4n) is 0.875. The number of carbonyl (C=O) groups excluding carboxylic acids is 1. The monoisotopic (exact) mass is 223 g/mol. The molecule has 0 aromatic heterocycles. The van der Waals surface area contributed by atoms with E-state index in [2.05, 4.69) is 4.74 Å². The van der Waals surface area contributed by atoms with Crippen LogP contribution in [0.4, 0.5) is 17.6 Å². The van der Waals surface area contributed by atoms with Gasteiger partial charge in [-0.2, -0.15) is 0 Å². The second-order valence-electron chi connectivity index (χ2n) is 2.48. The van der Waals surface area contributed by atoms with Gasteiger partial charge in [0.25, 0.3) is 0 Å². The normalized spacial score (nSPS) is 11.2. The fourth-order valence-corrected chi connectivity index (χ4v) is 0.875. The van der Waals surface area contributed by atoms with Crippen molar-refractivity contribution in [1.29, 1.82) is 0 Å². The van der Waals surface area contributed by atoms with Crippen molar-refractivity contribution in [3.63, 3.8) is 0 Å². The molecule has 0 bridgehead atoms. The number of rotatable bonds is 2. The Labute approximate surface area is 80.9 Å². The van der Waals surface area contributed by atoms with Crippen molar-refractivity contribution < 1.29 is 32.2 Å². The summed E-state index contributed by atoms with van der Waals surface area (Å²) in [5.41, 5.74) is -0.993. The van der Waals surface area contributed by atoms with Gasteiger partial charge in [-0.15, -0.1) is 13.2 Å². The number of aromatic carboxylic acids is 1. The topological polar surface area (TPSA) is 49.4 Å². The van der Waals surface area contributed by atoms with Crippen LogP contribution in [0, 0.1) is 5.82 Å². The Morgan fingerprint density at radius 3 is 2.40 bits per heavy atom. The summed E-state index contributed by atoms with van der Waals surface area (Å²) in [6, 6.07) is 1.60. The Balaban J connectivity index is 3.12. The predicted octanol–water partition coefficient (Wildman–Crippen LogP) is 1.09. The number of carbonyl (C=O) groups is 1. The van der Waals surface area contributed by atoms with Crippen molar-refractivity contribution in [3.8, 4) is 5.75 Å². The predicted molar refractivity (Wildman–Crippen MR) is 37.4 cm³/mol. The molecule has 0 aliphatic carbocycles. The lowest BCUT2D eigenvalue weighted by Gasteiger charge is -2.13. The van der Waals surface area contributed by atoms with Crippen molar-refractivity contribution in [3.05, 3.63) is 29.6 Å². The standard InChI is InChI=1S/C8H4F4O3/c9-4-1-2-6(15-8(10,11)12)5(3-4)7(13)14/h1-3H,(H,13,14)/p-1. The Hall–Kier alpha value is -1.79. The lowest BCUT2D eigenvalue weighted by Crippen LogP contribution is -2.25. The van der Waals surface area contributed by atoms with E-state index in [1.54, 1.807) is 0 Å². The molecule has 0 unspecified atom stereocenters. The average Bonchev–Trinajstić information content (AvgIpc) is 2.05. The van der Waals surface area contributed by atoms with E-state index in [4.69, 9.17) is 0 Å². The molecule has 3 nitrogen and oxygen atoms in total. The van der Waals surface area contributed by atoms with Crippen LogP contribution in [0.1, 0.15) is 10.4 Å². The molecule has 15 heavy (non-hydrogen) atoms. The molecule has 0 fully saturated rings. The van der Waals surface area contributed by atoms with Gasteiger partial charge in [-0.3, -0.25) is 0 Å². The van der Waals surface area contributed by atoms with Crippen molar-refractivity contribution in [1.82, 2.24) is 0 Å². The van der Waals surface area contributed by atoms with Crippen molar-refractivity contribution in [2.45, 2.75) is 6.36 Å². The number of ether oxygens (including phenoxy) is 1. The molecule has 0 aliphatic rings. The van der Waals surface area contributed by atoms with Crippen LogP contribution < -0.4 is 9.84 Å². The smallest absolute Gasteiger partial charge is 0.545 e. The van der Waals surface area contributed by atoms with E-state index in [0.717, 1.165) is 0 Å². The third-order valence-electron chi connectivity index (χ3n) is 1.39. The van der Waals surface area contributed by atoms with E-state index >= 15 is 0 Å². The molecule has 82 valence electrons. The molecule has 1 aromatic rings. The Morgan fingerprint density at radius 1 is 1.33 bits per heavy atom. The van der Waals surface area contributed by atoms with Crippen LogP contribution in [0.5, 0.6) is 5.75 Å². The van der Waals surface area contributed by atoms with E-state index in [0.29, 0.717) is 18.2 Å². The summed E-state index contributed by atoms with van der Waals surface area (Å²) in [6.45, 7) is 0. The largest absolute Gasteiger partial charge is 0.573 e. The van der Waals surface area contributed by atoms with Crippen LogP contribution in [-0.2, 0) is 0 Å². The quantitative estimate of drug-likeness (QED) is 0.705. The highest BCUT2D eigenvalue weighted by molar-refractivity contribution is 5.89. The molecule has 0 amide bonds. The van der Waals surface area contributed by atoms with Crippen LogP contribution in [0.2, 0.25) is 0 Å². The molecule has 0 spiro atoms. The number of benzene rings is 1. The first-order valence-electron chi connectivity index (χ1n) is 3.56. The average molecular weight is 223 g/mol. The maximum absolute atomic E-state index is 12.5. The van der Waals surface area contributed by atoms with Gasteiger partial charge in [0.05, 0.1) is 5.97 Å². The van der Waals surface area contributed by atoms with Gasteiger partial charge in [0.15, 0.2) is 0 Å². The fraction of sp³-hybridized carbons (Fsp3) is 0.125. The number of hydrogen-bond donors (Lipinski definition) is 0. The maximum atomic E-state index is 12.5. The zero-order chi connectivity index (χ0) is 11.6. The molecular weight excluding hydrogens is 220 g/mol. The summed E-state index contributed by atoms with van der Waals surface area (Å²) < 4.78 is 51.1. The lowest BCUT2D eigenvalue weighted by atomic mass is 10.2. The molecule has 0 saturated heterocycles. The van der Waals surface area contributed by atoms with E-state index < -0.39 is 29.5 Å². The zero-order valence-electron chi connectivity index (χ0n) is 6.97. The molecule has 0 aliphatic heterocycles. The first-order chi connectivity index (χ1) is 6.79. The van der Waals surface area contributed by atoms with Gasteiger partial charge < -0.3 is 14.6 Å². The number of halogens is 4. The minimum atomic E-state index is -5.04. The second kappa shape index (κ2) is 3.76. The minimum absolute atomic E-state index is 0.385. The summed E-state index contributed by atoms with van der Waals surface area (Å²) in [5, 5.41) is 10.3. The first-order valence-corrected chi connectivity index (χ1v) is 3.56. The third kappa shape index (κ3) is 3.12. The van der Waals surface area contributed by atoms with Gasteiger partial charge in [-0.1, -0.05) is 0 Å². The zero-order valence-corrected chi connectivity index (χ0v) is 6.97. The van der Waals surface area contributed by atoms with Gasteiger partial charge in [0.2, 0.25) is 0 Å². The lowest BCUT2D eigenvalue weighted by molar-refractivity contribution is -0.276. The van der Waals surface area contributed by atoms with E-state index in [1.165, 1.54) is 0 Å². The highest BCUT2D eigenvalue weighted by Crippen LogP contribution is 2.26. The molecule has 7 heteroatoms. The highest BCUT2D eigenvalue weighted by Gasteiger charge is 2.32.